The van der Waals surface area contributed by atoms with Gasteiger partial charge >= 0.3 is 0 Å². The Balaban J connectivity index is 1.58. The van der Waals surface area contributed by atoms with Crippen molar-refractivity contribution in [2.24, 2.45) is 0 Å². The van der Waals surface area contributed by atoms with Crippen molar-refractivity contribution in [2.75, 3.05) is 11.1 Å². The van der Waals surface area contributed by atoms with Gasteiger partial charge in [-0.25, -0.2) is 4.98 Å². The van der Waals surface area contributed by atoms with E-state index in [0.29, 0.717) is 22.2 Å². The SMILES string of the molecule is Cc1cccc(NC(=O)CSCc2cc(=O)n3c(C)csc3n2)c1. The smallest absolute Gasteiger partial charge is 0.258 e. The van der Waals surface area contributed by atoms with E-state index >= 15 is 0 Å². The predicted octanol–water partition coefficient (Wildman–Crippen LogP) is 3.24. The standard InChI is InChI=1S/C17H17N3O2S2/c1-11-4-3-5-13(6-11)18-15(21)10-23-9-14-7-16(22)20-12(2)8-24-17(20)19-14/h3-8H,9-10H2,1-2H3,(H,18,21). The molecule has 0 bridgehead atoms. The molecule has 0 aliphatic carbocycles. The van der Waals surface area contributed by atoms with Crippen molar-refractivity contribution in [1.82, 2.24) is 9.38 Å². The van der Waals surface area contributed by atoms with Crippen molar-refractivity contribution in [1.29, 1.82) is 0 Å². The van der Waals surface area contributed by atoms with Gasteiger partial charge in [-0.3, -0.25) is 14.0 Å². The maximum atomic E-state index is 12.1. The van der Waals surface area contributed by atoms with Crippen molar-refractivity contribution < 1.29 is 4.79 Å². The molecule has 1 N–H and O–H groups in total. The number of thioether (sulfide) groups is 1. The van der Waals surface area contributed by atoms with E-state index in [4.69, 9.17) is 0 Å². The highest BCUT2D eigenvalue weighted by molar-refractivity contribution is 7.99. The third-order valence-electron chi connectivity index (χ3n) is 3.41. The van der Waals surface area contributed by atoms with Crippen molar-refractivity contribution >= 4 is 39.7 Å². The van der Waals surface area contributed by atoms with E-state index in [1.54, 1.807) is 4.40 Å². The van der Waals surface area contributed by atoms with Gasteiger partial charge in [0.25, 0.3) is 5.56 Å². The van der Waals surface area contributed by atoms with Crippen molar-refractivity contribution in [2.45, 2.75) is 19.6 Å². The van der Waals surface area contributed by atoms with Crippen LogP contribution in [0.5, 0.6) is 0 Å². The average Bonchev–Trinajstić information content (AvgIpc) is 2.89. The normalized spacial score (nSPS) is 10.9. The summed E-state index contributed by atoms with van der Waals surface area (Å²) in [6.45, 7) is 3.87. The quantitative estimate of drug-likeness (QED) is 0.760. The zero-order valence-electron chi connectivity index (χ0n) is 13.4. The van der Waals surface area contributed by atoms with E-state index in [9.17, 15) is 9.59 Å². The first-order chi connectivity index (χ1) is 11.5. The monoisotopic (exact) mass is 359 g/mol. The van der Waals surface area contributed by atoms with Crippen LogP contribution in [0.1, 0.15) is 17.0 Å². The van der Waals surface area contributed by atoms with E-state index in [1.165, 1.54) is 29.2 Å². The van der Waals surface area contributed by atoms with Crippen molar-refractivity contribution in [3.63, 3.8) is 0 Å². The number of benzene rings is 1. The second-order valence-corrected chi connectivity index (χ2v) is 7.31. The fourth-order valence-corrected chi connectivity index (χ4v) is 3.95. The minimum atomic E-state index is -0.0708. The summed E-state index contributed by atoms with van der Waals surface area (Å²) < 4.78 is 1.60. The molecule has 24 heavy (non-hydrogen) atoms. The van der Waals surface area contributed by atoms with Crippen LogP contribution in [0.2, 0.25) is 0 Å². The number of amides is 1. The highest BCUT2D eigenvalue weighted by Crippen LogP contribution is 2.15. The number of anilines is 1. The minimum absolute atomic E-state index is 0.0598. The van der Waals surface area contributed by atoms with Gasteiger partial charge in [0.05, 0.1) is 11.4 Å². The van der Waals surface area contributed by atoms with Gasteiger partial charge < -0.3 is 5.32 Å². The zero-order valence-corrected chi connectivity index (χ0v) is 15.0. The Hall–Kier alpha value is -2.12. The Bertz CT molecular complexity index is 946. The Morgan fingerprint density at radius 1 is 1.33 bits per heavy atom. The second-order valence-electron chi connectivity index (χ2n) is 5.49. The minimum Gasteiger partial charge on any atom is -0.325 e. The molecule has 5 nitrogen and oxygen atoms in total. The van der Waals surface area contributed by atoms with Crippen LogP contribution in [-0.2, 0) is 10.5 Å². The van der Waals surface area contributed by atoms with Gasteiger partial charge in [-0.05, 0) is 31.5 Å². The molecular formula is C17H17N3O2S2. The number of fused-ring (bicyclic) bond motifs is 1. The molecule has 0 unspecified atom stereocenters. The molecule has 0 saturated heterocycles. The third-order valence-corrected chi connectivity index (χ3v) is 5.32. The van der Waals surface area contributed by atoms with E-state index < -0.39 is 0 Å². The largest absolute Gasteiger partial charge is 0.325 e. The van der Waals surface area contributed by atoms with Gasteiger partial charge in [0.1, 0.15) is 0 Å². The van der Waals surface area contributed by atoms with Gasteiger partial charge in [-0.1, -0.05) is 12.1 Å². The van der Waals surface area contributed by atoms with Gasteiger partial charge in [-0.2, -0.15) is 0 Å². The van der Waals surface area contributed by atoms with Crippen LogP contribution in [0, 0.1) is 13.8 Å². The van der Waals surface area contributed by atoms with E-state index in [2.05, 4.69) is 10.3 Å². The molecule has 2 heterocycles. The fraction of sp³-hybridized carbons (Fsp3) is 0.235. The molecule has 3 aromatic rings. The number of nitrogens with zero attached hydrogens (tertiary/aromatic N) is 2. The fourth-order valence-electron chi connectivity index (χ4n) is 2.34. The lowest BCUT2D eigenvalue weighted by Gasteiger charge is -2.06. The molecule has 0 aliphatic rings. The molecule has 2 aromatic heterocycles. The second kappa shape index (κ2) is 7.19. The van der Waals surface area contributed by atoms with Gasteiger partial charge in [0, 0.05) is 28.6 Å². The molecule has 0 saturated carbocycles. The van der Waals surface area contributed by atoms with Crippen LogP contribution >= 0.6 is 23.1 Å². The molecule has 1 amide bonds. The zero-order chi connectivity index (χ0) is 17.1. The topological polar surface area (TPSA) is 63.5 Å². The van der Waals surface area contributed by atoms with E-state index in [-0.39, 0.29) is 11.5 Å². The van der Waals surface area contributed by atoms with Gasteiger partial charge in [0.15, 0.2) is 4.96 Å². The number of thiazole rings is 1. The van der Waals surface area contributed by atoms with Crippen LogP contribution in [0.3, 0.4) is 0 Å². The Morgan fingerprint density at radius 2 is 2.17 bits per heavy atom. The predicted molar refractivity (Wildman–Crippen MR) is 100 cm³/mol. The van der Waals surface area contributed by atoms with Crippen molar-refractivity contribution in [3.05, 3.63) is 63.0 Å². The van der Waals surface area contributed by atoms with Crippen LogP contribution < -0.4 is 10.9 Å². The molecule has 124 valence electrons. The number of aromatic nitrogens is 2. The molecule has 0 fully saturated rings. The summed E-state index contributed by atoms with van der Waals surface area (Å²) in [6.07, 6.45) is 0. The molecule has 7 heteroatoms. The van der Waals surface area contributed by atoms with E-state index in [1.807, 2.05) is 43.5 Å². The lowest BCUT2D eigenvalue weighted by molar-refractivity contribution is -0.113. The number of rotatable bonds is 5. The Morgan fingerprint density at radius 3 is 2.96 bits per heavy atom. The van der Waals surface area contributed by atoms with Crippen LogP contribution in [0.15, 0.2) is 40.5 Å². The van der Waals surface area contributed by atoms with Crippen LogP contribution in [0.4, 0.5) is 5.69 Å². The first-order valence-corrected chi connectivity index (χ1v) is 9.47. The van der Waals surface area contributed by atoms with Crippen molar-refractivity contribution in [3.8, 4) is 0 Å². The number of aryl methyl sites for hydroxylation is 2. The average molecular weight is 359 g/mol. The summed E-state index contributed by atoms with van der Waals surface area (Å²) in [6, 6.07) is 9.23. The highest BCUT2D eigenvalue weighted by Gasteiger charge is 2.08. The number of carbonyl (C=O) groups is 1. The summed E-state index contributed by atoms with van der Waals surface area (Å²) in [5.74, 6) is 0.790. The molecule has 0 aliphatic heterocycles. The number of carbonyl (C=O) groups excluding carboxylic acids is 1. The summed E-state index contributed by atoms with van der Waals surface area (Å²) in [5, 5.41) is 4.78. The summed E-state index contributed by atoms with van der Waals surface area (Å²) in [7, 11) is 0. The maximum absolute atomic E-state index is 12.1. The Kier molecular flexibility index (Phi) is 5.01. The molecule has 3 rings (SSSR count). The summed E-state index contributed by atoms with van der Waals surface area (Å²) in [5.41, 5.74) is 3.43. The summed E-state index contributed by atoms with van der Waals surface area (Å²) in [4.78, 5) is 29.2. The third kappa shape index (κ3) is 3.85. The van der Waals surface area contributed by atoms with Gasteiger partial charge in [0.2, 0.25) is 5.91 Å². The van der Waals surface area contributed by atoms with Crippen LogP contribution in [0.25, 0.3) is 4.96 Å². The highest BCUT2D eigenvalue weighted by atomic mass is 32.2. The molecular weight excluding hydrogens is 342 g/mol. The molecule has 0 spiro atoms. The maximum Gasteiger partial charge on any atom is 0.258 e. The first kappa shape index (κ1) is 16.7. The lowest BCUT2D eigenvalue weighted by atomic mass is 10.2. The molecule has 1 aromatic carbocycles. The number of hydrogen-bond acceptors (Lipinski definition) is 5. The number of nitrogens with one attached hydrogen (secondary N) is 1. The Labute approximate surface area is 147 Å². The van der Waals surface area contributed by atoms with Gasteiger partial charge in [-0.15, -0.1) is 23.1 Å². The van der Waals surface area contributed by atoms with E-state index in [0.717, 1.165) is 16.9 Å². The van der Waals surface area contributed by atoms with Crippen LogP contribution in [-0.4, -0.2) is 21.0 Å². The molecule has 0 atom stereocenters. The lowest BCUT2D eigenvalue weighted by Crippen LogP contribution is -2.16. The number of hydrogen-bond donors (Lipinski definition) is 1. The summed E-state index contributed by atoms with van der Waals surface area (Å²) >= 11 is 2.89. The first-order valence-electron chi connectivity index (χ1n) is 7.44. The molecule has 0 radical (unpaired) electrons.